The Morgan fingerprint density at radius 3 is 2.63 bits per heavy atom. The predicted octanol–water partition coefficient (Wildman–Crippen LogP) is 4.45. The first-order valence-electron chi connectivity index (χ1n) is 14.0. The van der Waals surface area contributed by atoms with Crippen LogP contribution in [0.1, 0.15) is 42.0 Å². The molecule has 2 aromatic carbocycles. The number of piperazine rings is 1. The molecule has 3 fully saturated rings. The molecule has 5 rings (SSSR count). The van der Waals surface area contributed by atoms with Gasteiger partial charge < -0.3 is 24.2 Å². The Morgan fingerprint density at radius 1 is 1.03 bits per heavy atom. The van der Waals surface area contributed by atoms with E-state index in [-0.39, 0.29) is 0 Å². The molecule has 0 amide bonds. The van der Waals surface area contributed by atoms with Crippen molar-refractivity contribution in [3.05, 3.63) is 52.0 Å². The molecule has 208 valence electrons. The maximum atomic E-state index is 10.5. The fraction of sp³-hybridized carbons (Fsp3) is 0.600. The van der Waals surface area contributed by atoms with Gasteiger partial charge in [0.05, 0.1) is 25.3 Å². The van der Waals surface area contributed by atoms with Gasteiger partial charge in [-0.3, -0.25) is 9.80 Å². The summed E-state index contributed by atoms with van der Waals surface area (Å²) < 4.78 is 17.0. The van der Waals surface area contributed by atoms with Crippen molar-refractivity contribution in [2.24, 2.45) is 0 Å². The van der Waals surface area contributed by atoms with Crippen LogP contribution in [0.15, 0.2) is 30.3 Å². The van der Waals surface area contributed by atoms with E-state index in [2.05, 4.69) is 52.8 Å². The quantitative estimate of drug-likeness (QED) is 0.528. The van der Waals surface area contributed by atoms with Crippen molar-refractivity contribution >= 4 is 17.3 Å². The van der Waals surface area contributed by atoms with Crippen LogP contribution in [0.25, 0.3) is 0 Å². The molecule has 3 atom stereocenters. The first-order chi connectivity index (χ1) is 18.4. The average molecular weight is 544 g/mol. The smallest absolute Gasteiger partial charge is 0.139 e. The van der Waals surface area contributed by atoms with Gasteiger partial charge in [0.15, 0.2) is 0 Å². The normalized spacial score (nSPS) is 23.7. The van der Waals surface area contributed by atoms with Gasteiger partial charge in [-0.15, -0.1) is 0 Å². The summed E-state index contributed by atoms with van der Waals surface area (Å²) in [6.07, 6.45) is 3.12. The monoisotopic (exact) mass is 543 g/mol. The van der Waals surface area contributed by atoms with Crippen molar-refractivity contribution in [1.82, 2.24) is 9.80 Å². The minimum Gasteiger partial charge on any atom is -0.495 e. The molecule has 8 heteroatoms. The molecule has 3 heterocycles. The summed E-state index contributed by atoms with van der Waals surface area (Å²) in [6.45, 7) is 11.5. The summed E-state index contributed by atoms with van der Waals surface area (Å²) in [5.74, 6) is 1.61. The third kappa shape index (κ3) is 6.07. The molecule has 3 aliphatic heterocycles. The molecule has 1 unspecified atom stereocenters. The summed E-state index contributed by atoms with van der Waals surface area (Å²) in [7, 11) is 1.67. The largest absolute Gasteiger partial charge is 0.495 e. The second-order valence-electron chi connectivity index (χ2n) is 10.9. The predicted molar refractivity (Wildman–Crippen MR) is 152 cm³/mol. The molecule has 3 saturated heterocycles. The number of aliphatic hydroxyl groups is 1. The number of benzene rings is 2. The number of nitrogens with zero attached hydrogens (tertiary/aromatic N) is 3. The van der Waals surface area contributed by atoms with Gasteiger partial charge in [0.2, 0.25) is 0 Å². The van der Waals surface area contributed by atoms with E-state index in [4.69, 9.17) is 25.8 Å². The Morgan fingerprint density at radius 2 is 1.84 bits per heavy atom. The number of ether oxygens (including phenoxy) is 3. The van der Waals surface area contributed by atoms with Crippen LogP contribution in [0.3, 0.4) is 0 Å². The summed E-state index contributed by atoms with van der Waals surface area (Å²) in [5.41, 5.74) is 5.07. The highest BCUT2D eigenvalue weighted by Gasteiger charge is 2.36. The number of piperidine rings is 1. The molecule has 7 nitrogen and oxygen atoms in total. The lowest BCUT2D eigenvalue weighted by Crippen LogP contribution is -2.56. The minimum absolute atomic E-state index is 0.305. The molecule has 0 bridgehead atoms. The van der Waals surface area contributed by atoms with E-state index >= 15 is 0 Å². The van der Waals surface area contributed by atoms with Crippen LogP contribution in [-0.2, 0) is 4.74 Å². The number of fused-ring (bicyclic) bond motifs is 1. The van der Waals surface area contributed by atoms with Crippen LogP contribution in [-0.4, -0.2) is 93.3 Å². The standard InChI is InChI=1S/C30H42ClN3O4/c1-21-22(2)29(38-20-25(35)19-32-13-15-37-16-14-32)10-8-26(21)28-6-4-5-24-18-33(11-12-34(24)28)23-7-9-27(31)30(17-23)36-3/h7-10,17,24-25,28,35H,4-6,11-16,18-20H2,1-3H3/t24-,25?,28+/m0/s1. The first-order valence-corrected chi connectivity index (χ1v) is 14.4. The Kier molecular flexibility index (Phi) is 9.01. The number of anilines is 1. The van der Waals surface area contributed by atoms with Gasteiger partial charge in [0.1, 0.15) is 24.2 Å². The van der Waals surface area contributed by atoms with E-state index in [1.165, 1.54) is 41.6 Å². The van der Waals surface area contributed by atoms with E-state index in [1.54, 1.807) is 7.11 Å². The Balaban J connectivity index is 1.23. The number of hydrogen-bond acceptors (Lipinski definition) is 7. The number of β-amino-alcohol motifs (C(OH)–C–C–N with tert-alkyl or cyclic N) is 1. The van der Waals surface area contributed by atoms with E-state index in [1.807, 2.05) is 6.07 Å². The number of methoxy groups -OCH3 is 1. The molecule has 0 saturated carbocycles. The summed E-state index contributed by atoms with van der Waals surface area (Å²) in [4.78, 5) is 7.43. The molecule has 0 aromatic heterocycles. The lowest BCUT2D eigenvalue weighted by Gasteiger charge is -2.49. The zero-order valence-corrected chi connectivity index (χ0v) is 23.8. The molecular weight excluding hydrogens is 502 g/mol. The zero-order chi connectivity index (χ0) is 26.6. The Bertz CT molecular complexity index is 1090. The number of rotatable bonds is 8. The number of halogens is 1. The van der Waals surface area contributed by atoms with E-state index < -0.39 is 6.10 Å². The molecule has 3 aliphatic rings. The summed E-state index contributed by atoms with van der Waals surface area (Å²) >= 11 is 6.27. The van der Waals surface area contributed by atoms with E-state index in [0.717, 1.165) is 57.4 Å². The highest BCUT2D eigenvalue weighted by Crippen LogP contribution is 2.40. The van der Waals surface area contributed by atoms with Crippen LogP contribution in [0, 0.1) is 13.8 Å². The van der Waals surface area contributed by atoms with Crippen LogP contribution >= 0.6 is 11.6 Å². The van der Waals surface area contributed by atoms with Crippen molar-refractivity contribution in [2.45, 2.75) is 51.3 Å². The Hall–Kier alpha value is -2.03. The third-order valence-corrected chi connectivity index (χ3v) is 8.90. The number of morpholine rings is 1. The molecule has 0 spiro atoms. The number of hydrogen-bond donors (Lipinski definition) is 1. The van der Waals surface area contributed by atoms with Gasteiger partial charge in [-0.25, -0.2) is 0 Å². The van der Waals surface area contributed by atoms with Crippen LogP contribution in [0.2, 0.25) is 5.02 Å². The second kappa shape index (κ2) is 12.4. The maximum Gasteiger partial charge on any atom is 0.139 e. The van der Waals surface area contributed by atoms with E-state index in [9.17, 15) is 5.11 Å². The van der Waals surface area contributed by atoms with Gasteiger partial charge in [0.25, 0.3) is 0 Å². The van der Waals surface area contributed by atoms with Crippen molar-refractivity contribution in [2.75, 3.05) is 71.1 Å². The zero-order valence-electron chi connectivity index (χ0n) is 23.0. The van der Waals surface area contributed by atoms with Crippen LogP contribution < -0.4 is 14.4 Å². The molecule has 0 aliphatic carbocycles. The fourth-order valence-corrected chi connectivity index (χ4v) is 6.51. The van der Waals surface area contributed by atoms with Gasteiger partial charge in [-0.05, 0) is 68.0 Å². The molecular formula is C30H42ClN3O4. The van der Waals surface area contributed by atoms with Crippen LogP contribution in [0.4, 0.5) is 5.69 Å². The van der Waals surface area contributed by atoms with Crippen molar-refractivity contribution in [3.8, 4) is 11.5 Å². The lowest BCUT2D eigenvalue weighted by atomic mass is 9.86. The van der Waals surface area contributed by atoms with E-state index in [0.29, 0.717) is 30.3 Å². The van der Waals surface area contributed by atoms with Gasteiger partial charge >= 0.3 is 0 Å². The van der Waals surface area contributed by atoms with Crippen LogP contribution in [0.5, 0.6) is 11.5 Å². The van der Waals surface area contributed by atoms with Crippen molar-refractivity contribution in [3.63, 3.8) is 0 Å². The third-order valence-electron chi connectivity index (χ3n) is 8.59. The molecule has 38 heavy (non-hydrogen) atoms. The fourth-order valence-electron chi connectivity index (χ4n) is 6.32. The van der Waals surface area contributed by atoms with Crippen molar-refractivity contribution < 1.29 is 19.3 Å². The lowest BCUT2D eigenvalue weighted by molar-refractivity contribution is 0.00458. The Labute approximate surface area is 232 Å². The summed E-state index contributed by atoms with van der Waals surface area (Å²) in [5, 5.41) is 11.2. The highest BCUT2D eigenvalue weighted by molar-refractivity contribution is 6.32. The molecule has 1 N–H and O–H groups in total. The van der Waals surface area contributed by atoms with Gasteiger partial charge in [-0.2, -0.15) is 0 Å². The SMILES string of the molecule is COc1cc(N2CCN3[C@@H](CCC[C@@H]3c3ccc(OCC(O)CN4CCOCC4)c(C)c3C)C2)ccc1Cl. The topological polar surface area (TPSA) is 57.6 Å². The molecule has 0 radical (unpaired) electrons. The number of aliphatic hydroxyl groups excluding tert-OH is 1. The van der Waals surface area contributed by atoms with Gasteiger partial charge in [0, 0.05) is 63.1 Å². The van der Waals surface area contributed by atoms with Crippen molar-refractivity contribution in [1.29, 1.82) is 0 Å². The minimum atomic E-state index is -0.511. The highest BCUT2D eigenvalue weighted by atomic mass is 35.5. The maximum absolute atomic E-state index is 10.5. The second-order valence-corrected chi connectivity index (χ2v) is 11.3. The molecule has 2 aromatic rings. The first kappa shape index (κ1) is 27.5. The summed E-state index contributed by atoms with van der Waals surface area (Å²) in [6, 6.07) is 11.4. The average Bonchev–Trinajstić information content (AvgIpc) is 2.94. The van der Waals surface area contributed by atoms with Gasteiger partial charge in [-0.1, -0.05) is 17.7 Å².